The molecule has 0 radical (unpaired) electrons. The molecule has 1 amide bonds. The summed E-state index contributed by atoms with van der Waals surface area (Å²) in [6.45, 7) is 0.678. The van der Waals surface area contributed by atoms with Gasteiger partial charge in [-0.2, -0.15) is 5.10 Å². The number of aromatic nitrogens is 6. The minimum Gasteiger partial charge on any atom is -0.330 e. The van der Waals surface area contributed by atoms with Crippen molar-refractivity contribution in [3.8, 4) is 0 Å². The molecule has 1 atom stereocenters. The summed E-state index contributed by atoms with van der Waals surface area (Å²) in [4.78, 5) is 31.9. The van der Waals surface area contributed by atoms with Crippen molar-refractivity contribution in [2.75, 3.05) is 11.9 Å². The van der Waals surface area contributed by atoms with Gasteiger partial charge >= 0.3 is 0 Å². The number of nitrogens with zero attached hydrogens (tertiary/aromatic N) is 7. The van der Waals surface area contributed by atoms with E-state index >= 15 is 0 Å². The summed E-state index contributed by atoms with van der Waals surface area (Å²) in [6.07, 6.45) is 13.3. The van der Waals surface area contributed by atoms with Crippen LogP contribution < -0.4 is 5.32 Å². The minimum atomic E-state index is -0.149. The third-order valence-corrected chi connectivity index (χ3v) is 4.63. The van der Waals surface area contributed by atoms with E-state index in [-0.39, 0.29) is 11.9 Å². The number of carbonyl (C=O) groups excluding carboxylic acids is 1. The van der Waals surface area contributed by atoms with Gasteiger partial charge in [-0.15, -0.1) is 0 Å². The van der Waals surface area contributed by atoms with E-state index in [2.05, 4.69) is 30.4 Å². The first-order valence-electron chi connectivity index (χ1n) is 9.04. The van der Waals surface area contributed by atoms with Crippen LogP contribution >= 0.6 is 0 Å². The second-order valence-corrected chi connectivity index (χ2v) is 6.39. The summed E-state index contributed by atoms with van der Waals surface area (Å²) in [5, 5.41) is 7.22. The van der Waals surface area contributed by atoms with Gasteiger partial charge in [-0.25, -0.2) is 15.0 Å². The van der Waals surface area contributed by atoms with Gasteiger partial charge in [0.25, 0.3) is 0 Å². The van der Waals surface area contributed by atoms with Crippen LogP contribution in [0.3, 0.4) is 0 Å². The largest absolute Gasteiger partial charge is 0.330 e. The molecule has 28 heavy (non-hydrogen) atoms. The summed E-state index contributed by atoms with van der Waals surface area (Å²) in [5.41, 5.74) is 1.59. The van der Waals surface area contributed by atoms with Gasteiger partial charge in [0.2, 0.25) is 11.9 Å². The molecule has 4 heterocycles. The van der Waals surface area contributed by atoms with Gasteiger partial charge in [-0.1, -0.05) is 0 Å². The Morgan fingerprint density at radius 3 is 2.75 bits per heavy atom. The fourth-order valence-electron chi connectivity index (χ4n) is 3.27. The second-order valence-electron chi connectivity index (χ2n) is 6.39. The highest BCUT2D eigenvalue weighted by molar-refractivity contribution is 5.92. The second kappa shape index (κ2) is 7.95. The zero-order chi connectivity index (χ0) is 19.3. The van der Waals surface area contributed by atoms with Gasteiger partial charge in [0.15, 0.2) is 5.82 Å². The number of aryl methyl sites for hydroxylation is 1. The zero-order valence-electron chi connectivity index (χ0n) is 15.4. The standard InChI is InChI=1S/C19H20N8O/c1-26-14(7-10-24-26)5-6-16(28)27-13-2-4-15(27)17-18(21-12-11-20-17)25-19-22-8-3-9-23-19/h3,5-12,15H,2,4,13H2,1H3,(H,21,22,23,25). The van der Waals surface area contributed by atoms with E-state index in [1.165, 1.54) is 0 Å². The first kappa shape index (κ1) is 17.8. The van der Waals surface area contributed by atoms with Crippen molar-refractivity contribution >= 4 is 23.7 Å². The molecule has 1 aliphatic heterocycles. The van der Waals surface area contributed by atoms with Crippen molar-refractivity contribution in [2.24, 2.45) is 7.05 Å². The highest BCUT2D eigenvalue weighted by Crippen LogP contribution is 2.34. The number of hydrogen-bond acceptors (Lipinski definition) is 7. The summed E-state index contributed by atoms with van der Waals surface area (Å²) < 4.78 is 1.72. The number of anilines is 2. The maximum atomic E-state index is 12.8. The molecule has 3 aromatic heterocycles. The van der Waals surface area contributed by atoms with Crippen LogP contribution in [-0.2, 0) is 11.8 Å². The maximum Gasteiger partial charge on any atom is 0.247 e. The third-order valence-electron chi connectivity index (χ3n) is 4.63. The molecule has 1 aliphatic rings. The minimum absolute atomic E-state index is 0.0590. The molecule has 142 valence electrons. The Kier molecular flexibility index (Phi) is 5.05. The van der Waals surface area contributed by atoms with Crippen molar-refractivity contribution in [3.63, 3.8) is 0 Å². The van der Waals surface area contributed by atoms with Gasteiger partial charge in [0.1, 0.15) is 5.69 Å². The van der Waals surface area contributed by atoms with Crippen molar-refractivity contribution in [1.82, 2.24) is 34.6 Å². The van der Waals surface area contributed by atoms with Crippen LogP contribution in [0.5, 0.6) is 0 Å². The lowest BCUT2D eigenvalue weighted by atomic mass is 10.1. The van der Waals surface area contributed by atoms with Gasteiger partial charge in [-0.05, 0) is 31.1 Å². The Morgan fingerprint density at radius 1 is 1.14 bits per heavy atom. The monoisotopic (exact) mass is 376 g/mol. The Hall–Kier alpha value is -3.62. The lowest BCUT2D eigenvalue weighted by molar-refractivity contribution is -0.126. The summed E-state index contributed by atoms with van der Waals surface area (Å²) in [6, 6.07) is 3.45. The van der Waals surface area contributed by atoms with E-state index < -0.39 is 0 Å². The van der Waals surface area contributed by atoms with Crippen LogP contribution in [0.2, 0.25) is 0 Å². The van der Waals surface area contributed by atoms with Gasteiger partial charge in [-0.3, -0.25) is 14.5 Å². The lowest BCUT2D eigenvalue weighted by Gasteiger charge is -2.24. The quantitative estimate of drug-likeness (QED) is 0.681. The fraction of sp³-hybridized carbons (Fsp3) is 0.263. The SMILES string of the molecule is Cn1nccc1C=CC(=O)N1CCCC1c1nccnc1Nc1ncccn1. The van der Waals surface area contributed by atoms with Crippen LogP contribution in [0.1, 0.15) is 30.3 Å². The highest BCUT2D eigenvalue weighted by Gasteiger charge is 2.32. The number of hydrogen-bond donors (Lipinski definition) is 1. The molecule has 0 spiro atoms. The Morgan fingerprint density at radius 2 is 1.96 bits per heavy atom. The molecular weight excluding hydrogens is 356 g/mol. The van der Waals surface area contributed by atoms with Crippen LogP contribution in [-0.4, -0.2) is 47.1 Å². The summed E-state index contributed by atoms with van der Waals surface area (Å²) in [5.74, 6) is 0.946. The van der Waals surface area contributed by atoms with Crippen molar-refractivity contribution in [1.29, 1.82) is 0 Å². The Balaban J connectivity index is 1.56. The predicted molar refractivity (Wildman–Crippen MR) is 103 cm³/mol. The van der Waals surface area contributed by atoms with Crippen LogP contribution in [0.15, 0.2) is 49.2 Å². The molecule has 3 aromatic rings. The summed E-state index contributed by atoms with van der Waals surface area (Å²) in [7, 11) is 1.84. The third kappa shape index (κ3) is 3.73. The normalized spacial score (nSPS) is 16.6. The molecule has 1 saturated heterocycles. The van der Waals surface area contributed by atoms with Crippen LogP contribution in [0.25, 0.3) is 6.08 Å². The van der Waals surface area contributed by atoms with Gasteiger partial charge in [0.05, 0.1) is 11.7 Å². The number of likely N-dealkylation sites (tertiary alicyclic amines) is 1. The molecule has 0 bridgehead atoms. The van der Waals surface area contributed by atoms with E-state index in [4.69, 9.17) is 0 Å². The molecule has 9 heteroatoms. The Labute approximate surface area is 162 Å². The highest BCUT2D eigenvalue weighted by atomic mass is 16.2. The number of carbonyl (C=O) groups is 1. The summed E-state index contributed by atoms with van der Waals surface area (Å²) >= 11 is 0. The maximum absolute atomic E-state index is 12.8. The van der Waals surface area contributed by atoms with Crippen LogP contribution in [0, 0.1) is 0 Å². The van der Waals surface area contributed by atoms with Crippen molar-refractivity contribution in [3.05, 3.63) is 60.6 Å². The van der Waals surface area contributed by atoms with Gasteiger partial charge < -0.3 is 10.2 Å². The number of nitrogens with one attached hydrogen (secondary N) is 1. The lowest BCUT2D eigenvalue weighted by Crippen LogP contribution is -2.30. The average molecular weight is 376 g/mol. The average Bonchev–Trinajstić information content (AvgIpc) is 3.36. The van der Waals surface area contributed by atoms with E-state index in [9.17, 15) is 4.79 Å². The van der Waals surface area contributed by atoms with E-state index in [1.807, 2.05) is 18.0 Å². The van der Waals surface area contributed by atoms with E-state index in [1.54, 1.807) is 53.9 Å². The number of amides is 1. The smallest absolute Gasteiger partial charge is 0.247 e. The topological polar surface area (TPSA) is 102 Å². The molecule has 1 fully saturated rings. The van der Waals surface area contributed by atoms with Gasteiger partial charge in [0, 0.05) is 50.7 Å². The molecular formula is C19H20N8O. The molecule has 0 saturated carbocycles. The Bertz CT molecular complexity index is 984. The van der Waals surface area contributed by atoms with Crippen molar-refractivity contribution in [2.45, 2.75) is 18.9 Å². The zero-order valence-corrected chi connectivity index (χ0v) is 15.4. The first-order chi connectivity index (χ1) is 13.7. The van der Waals surface area contributed by atoms with E-state index in [0.717, 1.165) is 24.2 Å². The van der Waals surface area contributed by atoms with E-state index in [0.29, 0.717) is 18.3 Å². The molecule has 1 unspecified atom stereocenters. The first-order valence-corrected chi connectivity index (χ1v) is 9.04. The predicted octanol–water partition coefficient (Wildman–Crippen LogP) is 2.12. The molecule has 9 nitrogen and oxygen atoms in total. The molecule has 4 rings (SSSR count). The van der Waals surface area contributed by atoms with Crippen LogP contribution in [0.4, 0.5) is 11.8 Å². The fourth-order valence-corrected chi connectivity index (χ4v) is 3.27. The molecule has 0 aromatic carbocycles. The molecule has 1 N–H and O–H groups in total. The number of rotatable bonds is 5. The molecule has 0 aliphatic carbocycles. The van der Waals surface area contributed by atoms with Crippen molar-refractivity contribution < 1.29 is 4.79 Å².